The first-order valence-electron chi connectivity index (χ1n) is 9.85. The Morgan fingerprint density at radius 2 is 1.79 bits per heavy atom. The number of ketones is 1. The number of aliphatic hydroxyl groups is 1. The number of aliphatic hydroxyl groups excluding tert-OH is 1. The molecule has 4 aromatic rings. The maximum Gasteiger partial charge on any atom is 0.294 e. The summed E-state index contributed by atoms with van der Waals surface area (Å²) in [7, 11) is 0. The van der Waals surface area contributed by atoms with Crippen LogP contribution >= 0.6 is 11.6 Å². The van der Waals surface area contributed by atoms with Gasteiger partial charge in [-0.25, -0.2) is 8.78 Å². The monoisotopic (exact) mass is 465 g/mol. The third-order valence-electron chi connectivity index (χ3n) is 5.44. The van der Waals surface area contributed by atoms with Crippen molar-refractivity contribution in [3.8, 4) is 0 Å². The zero-order valence-electron chi connectivity index (χ0n) is 16.8. The lowest BCUT2D eigenvalue weighted by atomic mass is 9.94. The molecule has 33 heavy (non-hydrogen) atoms. The highest BCUT2D eigenvalue weighted by Crippen LogP contribution is 2.43. The molecule has 8 heteroatoms. The number of hydrogen-bond acceptors (Lipinski definition) is 4. The molecule has 0 fully saturated rings. The Labute approximate surface area is 191 Å². The van der Waals surface area contributed by atoms with Crippen molar-refractivity contribution in [2.45, 2.75) is 6.04 Å². The normalized spacial score (nSPS) is 16.2. The highest BCUT2D eigenvalue weighted by Gasteiger charge is 2.46. The maximum atomic E-state index is 14.8. The molecule has 1 aromatic heterocycles. The van der Waals surface area contributed by atoms with Crippen molar-refractivity contribution in [2.75, 3.05) is 4.90 Å². The van der Waals surface area contributed by atoms with Gasteiger partial charge in [-0.05, 0) is 48.5 Å². The number of carbonyl (C=O) groups is 2. The molecule has 5 nitrogen and oxygen atoms in total. The number of amides is 1. The van der Waals surface area contributed by atoms with Crippen molar-refractivity contribution in [3.05, 3.63) is 112 Å². The highest BCUT2D eigenvalue weighted by atomic mass is 35.5. The number of hydrogen-bond donors (Lipinski definition) is 1. The first-order valence-corrected chi connectivity index (χ1v) is 10.2. The second kappa shape index (κ2) is 7.86. The fourth-order valence-corrected chi connectivity index (χ4v) is 4.16. The molecule has 1 unspecified atom stereocenters. The third kappa shape index (κ3) is 3.47. The standard InChI is InChI=1S/C25H14ClF2NO4/c26-14-8-9-19-13(10-14)11-20(33-19)23(30)21-22(17-6-1-2-7-18(17)28)29(25(32)24(21)31)16-5-3-4-15(27)12-16/h1-12,22,31H. The van der Waals surface area contributed by atoms with Crippen LogP contribution in [0.25, 0.3) is 11.0 Å². The summed E-state index contributed by atoms with van der Waals surface area (Å²) >= 11 is 6.00. The minimum Gasteiger partial charge on any atom is -0.503 e. The molecule has 0 saturated heterocycles. The summed E-state index contributed by atoms with van der Waals surface area (Å²) in [6, 6.07) is 15.4. The number of furan rings is 1. The molecule has 1 atom stereocenters. The van der Waals surface area contributed by atoms with Gasteiger partial charge in [0.05, 0.1) is 11.6 Å². The molecule has 0 spiro atoms. The van der Waals surface area contributed by atoms with E-state index in [1.165, 1.54) is 48.5 Å². The Morgan fingerprint density at radius 1 is 1.00 bits per heavy atom. The Balaban J connectivity index is 1.69. The van der Waals surface area contributed by atoms with E-state index in [4.69, 9.17) is 16.0 Å². The van der Waals surface area contributed by atoms with E-state index in [9.17, 15) is 23.5 Å². The molecular weight excluding hydrogens is 452 g/mol. The maximum absolute atomic E-state index is 14.8. The summed E-state index contributed by atoms with van der Waals surface area (Å²) in [6.07, 6.45) is 0. The van der Waals surface area contributed by atoms with Crippen LogP contribution in [0.1, 0.15) is 22.2 Å². The van der Waals surface area contributed by atoms with Gasteiger partial charge in [-0.15, -0.1) is 0 Å². The van der Waals surface area contributed by atoms with Gasteiger partial charge in [-0.1, -0.05) is 35.9 Å². The largest absolute Gasteiger partial charge is 0.503 e. The molecule has 164 valence electrons. The van der Waals surface area contributed by atoms with E-state index in [0.29, 0.717) is 16.0 Å². The lowest BCUT2D eigenvalue weighted by Crippen LogP contribution is -2.31. The van der Waals surface area contributed by atoms with Crippen LogP contribution in [0.3, 0.4) is 0 Å². The van der Waals surface area contributed by atoms with Crippen LogP contribution < -0.4 is 4.90 Å². The number of halogens is 3. The number of fused-ring (bicyclic) bond motifs is 1. The summed E-state index contributed by atoms with van der Waals surface area (Å²) in [5, 5.41) is 11.7. The number of anilines is 1. The fraction of sp³-hybridized carbons (Fsp3) is 0.0400. The second-order valence-electron chi connectivity index (χ2n) is 7.46. The van der Waals surface area contributed by atoms with Crippen LogP contribution in [0.4, 0.5) is 14.5 Å². The number of benzene rings is 3. The van der Waals surface area contributed by atoms with Crippen molar-refractivity contribution in [1.82, 2.24) is 0 Å². The van der Waals surface area contributed by atoms with Crippen molar-refractivity contribution >= 4 is 39.9 Å². The second-order valence-corrected chi connectivity index (χ2v) is 7.90. The fourth-order valence-electron chi connectivity index (χ4n) is 3.98. The predicted octanol–water partition coefficient (Wildman–Crippen LogP) is 6.15. The number of carbonyl (C=O) groups excluding carboxylic acids is 2. The summed E-state index contributed by atoms with van der Waals surface area (Å²) in [4.78, 5) is 27.5. The van der Waals surface area contributed by atoms with Gasteiger partial charge >= 0.3 is 0 Å². The van der Waals surface area contributed by atoms with Crippen molar-refractivity contribution in [1.29, 1.82) is 0 Å². The summed E-state index contributed by atoms with van der Waals surface area (Å²) in [6.45, 7) is 0. The summed E-state index contributed by atoms with van der Waals surface area (Å²) in [5.41, 5.74) is 0.0109. The van der Waals surface area contributed by atoms with Gasteiger partial charge in [0.2, 0.25) is 5.78 Å². The SMILES string of the molecule is O=C(C1=C(O)C(=O)N(c2cccc(F)c2)C1c1ccccc1F)c1cc2cc(Cl)ccc2o1. The van der Waals surface area contributed by atoms with Crippen LogP contribution in [-0.4, -0.2) is 16.8 Å². The molecule has 3 aromatic carbocycles. The minimum absolute atomic E-state index is 0.0401. The molecule has 0 bridgehead atoms. The topological polar surface area (TPSA) is 70.8 Å². The summed E-state index contributed by atoms with van der Waals surface area (Å²) < 4.78 is 34.4. The molecule has 1 N–H and O–H groups in total. The molecule has 0 aliphatic carbocycles. The zero-order valence-corrected chi connectivity index (χ0v) is 17.5. The quantitative estimate of drug-likeness (QED) is 0.367. The molecule has 0 radical (unpaired) electrons. The first-order chi connectivity index (χ1) is 15.8. The van der Waals surface area contributed by atoms with Crippen LogP contribution in [0, 0.1) is 11.6 Å². The Morgan fingerprint density at radius 3 is 2.55 bits per heavy atom. The van der Waals surface area contributed by atoms with Crippen molar-refractivity contribution in [3.63, 3.8) is 0 Å². The van der Waals surface area contributed by atoms with Crippen LogP contribution in [-0.2, 0) is 4.79 Å². The minimum atomic E-state index is -1.34. The molecule has 1 aliphatic rings. The summed E-state index contributed by atoms with van der Waals surface area (Å²) in [5.74, 6) is -4.13. The van der Waals surface area contributed by atoms with Crippen LogP contribution in [0.2, 0.25) is 5.02 Å². The average Bonchev–Trinajstić information content (AvgIpc) is 3.32. The van der Waals surface area contributed by atoms with Gasteiger partial charge in [0.25, 0.3) is 5.91 Å². The molecule has 1 aliphatic heterocycles. The predicted molar refractivity (Wildman–Crippen MR) is 118 cm³/mol. The lowest BCUT2D eigenvalue weighted by Gasteiger charge is -2.27. The van der Waals surface area contributed by atoms with Gasteiger partial charge in [0.15, 0.2) is 11.5 Å². The van der Waals surface area contributed by atoms with Gasteiger partial charge in [0, 0.05) is 21.7 Å². The van der Waals surface area contributed by atoms with E-state index in [0.717, 1.165) is 11.0 Å². The van der Waals surface area contributed by atoms with Gasteiger partial charge < -0.3 is 9.52 Å². The van der Waals surface area contributed by atoms with Gasteiger partial charge in [-0.2, -0.15) is 0 Å². The van der Waals surface area contributed by atoms with Crippen LogP contribution in [0.5, 0.6) is 0 Å². The molecule has 0 saturated carbocycles. The zero-order chi connectivity index (χ0) is 23.3. The van der Waals surface area contributed by atoms with E-state index in [1.807, 2.05) is 0 Å². The molecule has 1 amide bonds. The molecule has 5 rings (SSSR count). The highest BCUT2D eigenvalue weighted by molar-refractivity contribution is 6.31. The number of Topliss-reactive ketones (excluding diaryl/α,β-unsaturated/α-hetero) is 1. The Hall–Kier alpha value is -3.97. The smallest absolute Gasteiger partial charge is 0.294 e. The Bertz CT molecular complexity index is 1480. The number of nitrogens with zero attached hydrogens (tertiary/aromatic N) is 1. The first kappa shape index (κ1) is 20.9. The number of rotatable bonds is 4. The van der Waals surface area contributed by atoms with E-state index in [1.54, 1.807) is 18.2 Å². The van der Waals surface area contributed by atoms with Crippen LogP contribution in [0.15, 0.2) is 88.5 Å². The average molecular weight is 466 g/mol. The van der Waals surface area contributed by atoms with E-state index < -0.39 is 35.1 Å². The van der Waals surface area contributed by atoms with Gasteiger partial charge in [-0.3, -0.25) is 14.5 Å². The Kier molecular flexibility index (Phi) is 4.98. The van der Waals surface area contributed by atoms with Crippen molar-refractivity contribution < 1.29 is 27.9 Å². The van der Waals surface area contributed by atoms with Gasteiger partial charge in [0.1, 0.15) is 17.2 Å². The lowest BCUT2D eigenvalue weighted by molar-refractivity contribution is -0.117. The van der Waals surface area contributed by atoms with E-state index in [2.05, 4.69) is 0 Å². The van der Waals surface area contributed by atoms with E-state index in [-0.39, 0.29) is 22.6 Å². The van der Waals surface area contributed by atoms with Crippen molar-refractivity contribution in [2.24, 2.45) is 0 Å². The molecule has 2 heterocycles. The molecular formula is C25H14ClF2NO4. The third-order valence-corrected chi connectivity index (χ3v) is 5.68. The van der Waals surface area contributed by atoms with E-state index >= 15 is 0 Å².